The largest absolute Gasteiger partial charge is 0.294 e. The van der Waals surface area contributed by atoms with Gasteiger partial charge in [0.15, 0.2) is 11.4 Å². The van der Waals surface area contributed by atoms with Crippen molar-refractivity contribution in [3.63, 3.8) is 0 Å². The summed E-state index contributed by atoms with van der Waals surface area (Å²) in [6, 6.07) is 31.2. The van der Waals surface area contributed by atoms with E-state index >= 15 is 0 Å². The molecule has 2 aromatic heterocycles. The number of carbonyl (C=O) groups is 1. The van der Waals surface area contributed by atoms with Crippen molar-refractivity contribution in [1.82, 2.24) is 9.55 Å². The molecule has 6 rings (SSSR count). The van der Waals surface area contributed by atoms with Crippen LogP contribution in [0, 0.1) is 29.6 Å². The van der Waals surface area contributed by atoms with Gasteiger partial charge in [0, 0.05) is 33.7 Å². The first-order valence-electron chi connectivity index (χ1n) is 11.6. The number of benzene rings is 3. The van der Waals surface area contributed by atoms with Gasteiger partial charge >= 0.3 is 0 Å². The number of para-hydroxylation sites is 1. The van der Waals surface area contributed by atoms with Crippen LogP contribution >= 0.6 is 11.3 Å². The van der Waals surface area contributed by atoms with E-state index in [9.17, 15) is 15.3 Å². The summed E-state index contributed by atoms with van der Waals surface area (Å²) in [7, 11) is 0. The van der Waals surface area contributed by atoms with Gasteiger partial charge in [-0.3, -0.25) is 9.36 Å². The fourth-order valence-corrected chi connectivity index (χ4v) is 5.67. The minimum Gasteiger partial charge on any atom is -0.294 e. The second-order valence-electron chi connectivity index (χ2n) is 8.72. The van der Waals surface area contributed by atoms with Gasteiger partial charge in [-0.15, -0.1) is 11.3 Å². The van der Waals surface area contributed by atoms with Gasteiger partial charge in [-0.2, -0.15) is 10.5 Å². The zero-order valence-electron chi connectivity index (χ0n) is 19.8. The van der Waals surface area contributed by atoms with Crippen LogP contribution in [0.5, 0.6) is 0 Å². The van der Waals surface area contributed by atoms with Crippen molar-refractivity contribution < 1.29 is 4.79 Å². The number of hydrogen-bond donors (Lipinski definition) is 0. The summed E-state index contributed by atoms with van der Waals surface area (Å²) >= 11 is 1.59. The average Bonchev–Trinajstić information content (AvgIpc) is 3.56. The molecule has 0 amide bonds. The van der Waals surface area contributed by atoms with Crippen LogP contribution in [0.2, 0.25) is 0 Å². The van der Waals surface area contributed by atoms with E-state index in [1.54, 1.807) is 41.7 Å². The topological polar surface area (TPSA) is 82.5 Å². The average molecular weight is 495 g/mol. The molecule has 1 aliphatic carbocycles. The number of Topliss-reactive ketones (excluding diaryl/α,β-unsaturated/α-hetero) is 1. The van der Waals surface area contributed by atoms with E-state index in [0.717, 1.165) is 32.3 Å². The predicted molar refractivity (Wildman–Crippen MR) is 146 cm³/mol. The second-order valence-corrected chi connectivity index (χ2v) is 9.75. The monoisotopic (exact) mass is 494 g/mol. The Morgan fingerprint density at radius 3 is 2.30 bits per heavy atom. The lowest BCUT2D eigenvalue weighted by Gasteiger charge is -2.09. The first-order chi connectivity index (χ1) is 18.1. The van der Waals surface area contributed by atoms with E-state index in [1.807, 2.05) is 53.1 Å². The first-order valence-corrected chi connectivity index (χ1v) is 12.5. The highest BCUT2D eigenvalue weighted by atomic mass is 32.1. The highest BCUT2D eigenvalue weighted by Crippen LogP contribution is 2.41. The lowest BCUT2D eigenvalue weighted by Crippen LogP contribution is -2.00. The number of aromatic nitrogens is 2. The van der Waals surface area contributed by atoms with Crippen molar-refractivity contribution in [1.29, 1.82) is 10.5 Å². The molecule has 0 radical (unpaired) electrons. The number of rotatable bonds is 3. The van der Waals surface area contributed by atoms with Gasteiger partial charge in [-0.25, -0.2) is 4.98 Å². The Hall–Kier alpha value is -5.04. The number of allylic oxidation sites excluding steroid dienone is 3. The summed E-state index contributed by atoms with van der Waals surface area (Å²) in [4.78, 5) is 18.5. The van der Waals surface area contributed by atoms with Crippen LogP contribution in [-0.2, 0) is 0 Å². The van der Waals surface area contributed by atoms with E-state index in [1.165, 1.54) is 5.56 Å². The van der Waals surface area contributed by atoms with E-state index in [4.69, 9.17) is 4.98 Å². The third-order valence-electron chi connectivity index (χ3n) is 6.42. The molecule has 5 nitrogen and oxygen atoms in total. The summed E-state index contributed by atoms with van der Waals surface area (Å²) in [5.74, 6) is -0.203. The molecule has 2 heterocycles. The van der Waals surface area contributed by atoms with Gasteiger partial charge in [0.25, 0.3) is 0 Å². The Balaban J connectivity index is 1.59. The minimum atomic E-state index is -0.203. The van der Waals surface area contributed by atoms with Gasteiger partial charge in [0.1, 0.15) is 22.7 Å². The van der Waals surface area contributed by atoms with Gasteiger partial charge < -0.3 is 0 Å². The lowest BCUT2D eigenvalue weighted by atomic mass is 9.99. The van der Waals surface area contributed by atoms with Crippen molar-refractivity contribution in [2.75, 3.05) is 0 Å². The van der Waals surface area contributed by atoms with Gasteiger partial charge in [0.2, 0.25) is 0 Å². The maximum atomic E-state index is 13.5. The molecule has 0 fully saturated rings. The zero-order valence-corrected chi connectivity index (χ0v) is 20.6. The maximum Gasteiger partial charge on any atom is 0.194 e. The van der Waals surface area contributed by atoms with E-state index in [0.29, 0.717) is 22.3 Å². The summed E-state index contributed by atoms with van der Waals surface area (Å²) in [5, 5.41) is 20.3. The van der Waals surface area contributed by atoms with Gasteiger partial charge in [-0.05, 0) is 36.8 Å². The number of aryl methyl sites for hydroxylation is 1. The molecular weight excluding hydrogens is 476 g/mol. The second kappa shape index (κ2) is 8.87. The molecule has 0 unspecified atom stereocenters. The highest BCUT2D eigenvalue weighted by Gasteiger charge is 2.32. The normalized spacial score (nSPS) is 13.5. The van der Waals surface area contributed by atoms with Crippen molar-refractivity contribution >= 4 is 39.1 Å². The van der Waals surface area contributed by atoms with Crippen LogP contribution in [0.3, 0.4) is 0 Å². The molecule has 0 bridgehead atoms. The number of hydrogen-bond acceptors (Lipinski definition) is 5. The SMILES string of the molecule is Cc1ccc(-c2nc3c(cc(/C=C4\C(=O)c5ccccc5C4=C(C#N)C#N)n3-c3ccccc3)s2)cc1. The third-order valence-corrected chi connectivity index (χ3v) is 7.46. The lowest BCUT2D eigenvalue weighted by molar-refractivity contribution is 0.104. The molecule has 5 aromatic rings. The standard InChI is InChI=1S/C31H18N4OS/c1-19-11-13-20(14-12-19)31-34-30-27(37-31)16-23(35(30)22-7-3-2-4-8-22)15-26-28(21(17-32)18-33)24-9-5-6-10-25(24)29(26)36/h2-16H,1H3/b26-15-. The molecule has 0 saturated heterocycles. The summed E-state index contributed by atoms with van der Waals surface area (Å²) in [6.07, 6.45) is 1.78. The van der Waals surface area contributed by atoms with Crippen LogP contribution in [0.15, 0.2) is 96.1 Å². The van der Waals surface area contributed by atoms with E-state index < -0.39 is 0 Å². The van der Waals surface area contributed by atoms with Crippen LogP contribution in [0.25, 0.3) is 38.3 Å². The van der Waals surface area contributed by atoms with E-state index in [2.05, 4.69) is 31.2 Å². The Morgan fingerprint density at radius 2 is 1.59 bits per heavy atom. The van der Waals surface area contributed by atoms with Crippen molar-refractivity contribution in [3.8, 4) is 28.4 Å². The molecule has 1 aliphatic rings. The molecule has 0 N–H and O–H groups in total. The number of nitriles is 2. The number of nitrogens with zero attached hydrogens (tertiary/aromatic N) is 4. The smallest absolute Gasteiger partial charge is 0.194 e. The Labute approximate surface area is 217 Å². The molecular formula is C31H18N4OS. The molecule has 3 aromatic carbocycles. The summed E-state index contributed by atoms with van der Waals surface area (Å²) in [6.45, 7) is 2.06. The first kappa shape index (κ1) is 22.4. The van der Waals surface area contributed by atoms with Crippen LogP contribution in [0.4, 0.5) is 0 Å². The maximum absolute atomic E-state index is 13.5. The number of thiazole rings is 1. The number of carbonyl (C=O) groups excluding carboxylic acids is 1. The molecule has 37 heavy (non-hydrogen) atoms. The molecule has 0 aliphatic heterocycles. The molecule has 174 valence electrons. The van der Waals surface area contributed by atoms with E-state index in [-0.39, 0.29) is 11.4 Å². The van der Waals surface area contributed by atoms with Gasteiger partial charge in [0.05, 0.1) is 4.70 Å². The molecule has 6 heteroatoms. The van der Waals surface area contributed by atoms with Crippen molar-refractivity contribution in [3.05, 3.63) is 118 Å². The predicted octanol–water partition coefficient (Wildman–Crippen LogP) is 7.14. The van der Waals surface area contributed by atoms with Crippen molar-refractivity contribution in [2.45, 2.75) is 6.92 Å². The fraction of sp³-hybridized carbons (Fsp3) is 0.0323. The van der Waals surface area contributed by atoms with Crippen LogP contribution in [0.1, 0.15) is 27.2 Å². The highest BCUT2D eigenvalue weighted by molar-refractivity contribution is 7.21. The Kier molecular flexibility index (Phi) is 5.38. The Morgan fingerprint density at radius 1 is 0.919 bits per heavy atom. The van der Waals surface area contributed by atoms with Crippen LogP contribution in [-0.4, -0.2) is 15.3 Å². The fourth-order valence-electron chi connectivity index (χ4n) is 4.67. The summed E-state index contributed by atoms with van der Waals surface area (Å²) in [5.41, 5.74) is 6.40. The third kappa shape index (κ3) is 3.68. The number of fused-ring (bicyclic) bond motifs is 2. The zero-order chi connectivity index (χ0) is 25.5. The van der Waals surface area contributed by atoms with Crippen LogP contribution < -0.4 is 0 Å². The molecule has 0 spiro atoms. The quantitative estimate of drug-likeness (QED) is 0.197. The van der Waals surface area contributed by atoms with Crippen molar-refractivity contribution in [2.24, 2.45) is 0 Å². The molecule has 0 saturated carbocycles. The number of ketones is 1. The summed E-state index contributed by atoms with van der Waals surface area (Å²) < 4.78 is 2.99. The van der Waals surface area contributed by atoms with Gasteiger partial charge in [-0.1, -0.05) is 72.3 Å². The molecule has 0 atom stereocenters. The Bertz CT molecular complexity index is 1840. The minimum absolute atomic E-state index is 0.0797.